The van der Waals surface area contributed by atoms with Crippen LogP contribution in [-0.4, -0.2) is 39.9 Å². The number of nitrogens with one attached hydrogen (secondary N) is 2. The van der Waals surface area contributed by atoms with E-state index < -0.39 is 48.9 Å². The minimum absolute atomic E-state index is 0.0124. The van der Waals surface area contributed by atoms with E-state index in [1.54, 1.807) is 30.3 Å². The third-order valence-electron chi connectivity index (χ3n) is 5.99. The zero-order chi connectivity index (χ0) is 29.9. The maximum atomic E-state index is 14.9. The summed E-state index contributed by atoms with van der Waals surface area (Å²) in [6.45, 7) is -0.608. The highest BCUT2D eigenvalue weighted by Gasteiger charge is 2.33. The Labute approximate surface area is 255 Å². The highest BCUT2D eigenvalue weighted by molar-refractivity contribution is 9.10. The first-order valence-corrected chi connectivity index (χ1v) is 15.8. The van der Waals surface area contributed by atoms with E-state index in [0.29, 0.717) is 31.0 Å². The van der Waals surface area contributed by atoms with Crippen LogP contribution in [-0.2, 0) is 34.0 Å². The maximum absolute atomic E-state index is 14.9. The van der Waals surface area contributed by atoms with E-state index in [1.165, 1.54) is 12.1 Å². The molecule has 0 amide bonds. The number of nitro benzene ring substituents is 1. The molecule has 41 heavy (non-hydrogen) atoms. The van der Waals surface area contributed by atoms with E-state index in [1.807, 2.05) is 0 Å². The van der Waals surface area contributed by atoms with Crippen molar-refractivity contribution in [3.63, 3.8) is 0 Å². The van der Waals surface area contributed by atoms with E-state index >= 15 is 0 Å². The van der Waals surface area contributed by atoms with Gasteiger partial charge in [0.25, 0.3) is 15.7 Å². The van der Waals surface area contributed by atoms with Gasteiger partial charge in [-0.25, -0.2) is 21.7 Å². The SMILES string of the molecule is C#CCN(Cc1[nH]c2c(F)cc(Br)cc2c1CCNS(=O)c1ccc(Cl)cc1)S(=O)(=O)c1ccc(Cl)cc1[N+](=O)[O-]. The minimum Gasteiger partial charge on any atom is -0.355 e. The lowest BCUT2D eigenvalue weighted by Crippen LogP contribution is -2.32. The number of hydrogen-bond acceptors (Lipinski definition) is 5. The number of hydrogen-bond donors (Lipinski definition) is 2. The highest BCUT2D eigenvalue weighted by atomic mass is 79.9. The lowest BCUT2D eigenvalue weighted by atomic mass is 10.1. The van der Waals surface area contributed by atoms with Crippen LogP contribution in [0.4, 0.5) is 10.1 Å². The van der Waals surface area contributed by atoms with Gasteiger partial charge in [-0.1, -0.05) is 45.1 Å². The fraction of sp³-hybridized carbons (Fsp3) is 0.154. The van der Waals surface area contributed by atoms with Gasteiger partial charge < -0.3 is 4.98 Å². The van der Waals surface area contributed by atoms with Crippen molar-refractivity contribution in [1.82, 2.24) is 14.0 Å². The minimum atomic E-state index is -4.51. The van der Waals surface area contributed by atoms with Crippen LogP contribution in [0, 0.1) is 28.3 Å². The van der Waals surface area contributed by atoms with Crippen molar-refractivity contribution < 1.29 is 21.9 Å². The van der Waals surface area contributed by atoms with Gasteiger partial charge in [0, 0.05) is 38.2 Å². The highest BCUT2D eigenvalue weighted by Crippen LogP contribution is 2.33. The van der Waals surface area contributed by atoms with E-state index in [0.717, 1.165) is 16.4 Å². The number of halogens is 4. The zero-order valence-corrected chi connectivity index (χ0v) is 25.6. The molecule has 1 aromatic heterocycles. The molecule has 0 fully saturated rings. The fourth-order valence-corrected chi connectivity index (χ4v) is 7.17. The summed E-state index contributed by atoms with van der Waals surface area (Å²) in [5.41, 5.74) is 0.281. The summed E-state index contributed by atoms with van der Waals surface area (Å²) < 4.78 is 59.1. The number of benzene rings is 3. The monoisotopic (exact) mass is 700 g/mol. The topological polar surface area (TPSA) is 125 Å². The van der Waals surface area contributed by atoms with Gasteiger partial charge in [0.05, 0.1) is 28.4 Å². The van der Waals surface area contributed by atoms with Crippen molar-refractivity contribution in [2.24, 2.45) is 0 Å². The average molecular weight is 702 g/mol. The number of H-pyrrole nitrogens is 1. The van der Waals surface area contributed by atoms with Gasteiger partial charge in [0.1, 0.15) is 16.8 Å². The molecule has 0 saturated carbocycles. The number of nitrogens with zero attached hydrogens (tertiary/aromatic N) is 2. The van der Waals surface area contributed by atoms with Gasteiger partial charge >= 0.3 is 0 Å². The molecule has 1 atom stereocenters. The van der Waals surface area contributed by atoms with Crippen LogP contribution in [0.1, 0.15) is 11.3 Å². The molecule has 0 bridgehead atoms. The third-order valence-corrected chi connectivity index (χ3v) is 9.94. The summed E-state index contributed by atoms with van der Waals surface area (Å²) in [7, 11) is -6.08. The molecule has 214 valence electrons. The van der Waals surface area contributed by atoms with Crippen molar-refractivity contribution in [2.75, 3.05) is 13.1 Å². The summed E-state index contributed by atoms with van der Waals surface area (Å²) in [5.74, 6) is 1.69. The fourth-order valence-electron chi connectivity index (χ4n) is 4.15. The number of nitro groups is 1. The summed E-state index contributed by atoms with van der Waals surface area (Å²) in [6.07, 6.45) is 5.69. The predicted molar refractivity (Wildman–Crippen MR) is 160 cm³/mol. The van der Waals surface area contributed by atoms with Crippen molar-refractivity contribution in [2.45, 2.75) is 22.8 Å². The first-order valence-electron chi connectivity index (χ1n) is 11.7. The summed E-state index contributed by atoms with van der Waals surface area (Å²) >= 11 is 15.0. The second-order valence-electron chi connectivity index (χ2n) is 8.61. The van der Waals surface area contributed by atoms with Gasteiger partial charge in [-0.15, -0.1) is 6.42 Å². The standard InChI is InChI=1S/C26H20BrCl2FN4O5S2/c1-2-11-33(41(38,39)25-8-5-18(29)14-24(25)34(35)36)15-23-20(21-12-16(27)13-22(30)26(21)32-23)9-10-31-40(37)19-6-3-17(28)4-7-19/h1,3-8,12-14,31-32H,9-11,15H2. The number of aromatic nitrogens is 1. The van der Waals surface area contributed by atoms with E-state index in [9.17, 15) is 27.1 Å². The van der Waals surface area contributed by atoms with Crippen LogP contribution in [0.25, 0.3) is 10.9 Å². The van der Waals surface area contributed by atoms with Crippen molar-refractivity contribution in [3.8, 4) is 12.3 Å². The van der Waals surface area contributed by atoms with Gasteiger partial charge in [0.15, 0.2) is 4.90 Å². The molecule has 0 spiro atoms. The first kappa shape index (κ1) is 31.1. The number of rotatable bonds is 11. The molecule has 0 saturated heterocycles. The second kappa shape index (κ2) is 13.0. The second-order valence-corrected chi connectivity index (χ2v) is 13.6. The molecule has 0 aliphatic carbocycles. The van der Waals surface area contributed by atoms with E-state index in [-0.39, 0.29) is 30.0 Å². The Kier molecular flexibility index (Phi) is 9.86. The quantitative estimate of drug-likeness (QED) is 0.113. The van der Waals surface area contributed by atoms with E-state index in [4.69, 9.17) is 29.6 Å². The third kappa shape index (κ3) is 6.98. The Morgan fingerprint density at radius 1 is 1.15 bits per heavy atom. The van der Waals surface area contributed by atoms with Gasteiger partial charge in [0.2, 0.25) is 0 Å². The van der Waals surface area contributed by atoms with Crippen molar-refractivity contribution in [3.05, 3.63) is 96.3 Å². The van der Waals surface area contributed by atoms with Gasteiger partial charge in [-0.05, 0) is 60.5 Å². The molecule has 4 rings (SSSR count). The lowest BCUT2D eigenvalue weighted by molar-refractivity contribution is -0.387. The van der Waals surface area contributed by atoms with Crippen molar-refractivity contribution in [1.29, 1.82) is 0 Å². The van der Waals surface area contributed by atoms with Crippen LogP contribution < -0.4 is 4.72 Å². The number of terminal acetylenes is 1. The molecular formula is C26H20BrCl2FN4O5S2. The molecular weight excluding hydrogens is 682 g/mol. The Hall–Kier alpha value is -2.83. The molecule has 0 aliphatic heterocycles. The summed E-state index contributed by atoms with van der Waals surface area (Å²) in [4.78, 5) is 13.6. The number of aromatic amines is 1. The Morgan fingerprint density at radius 2 is 1.83 bits per heavy atom. The van der Waals surface area contributed by atoms with E-state index in [2.05, 4.69) is 31.6 Å². The Balaban J connectivity index is 1.71. The van der Waals surface area contributed by atoms with Crippen LogP contribution in [0.3, 0.4) is 0 Å². The smallest absolute Gasteiger partial charge is 0.290 e. The van der Waals surface area contributed by atoms with Crippen LogP contribution in [0.15, 0.2) is 68.9 Å². The Bertz CT molecular complexity index is 1810. The largest absolute Gasteiger partial charge is 0.355 e. The van der Waals surface area contributed by atoms with Crippen LogP contribution in [0.5, 0.6) is 0 Å². The summed E-state index contributed by atoms with van der Waals surface area (Å²) in [6, 6.07) is 12.6. The normalized spacial score (nSPS) is 12.5. The lowest BCUT2D eigenvalue weighted by Gasteiger charge is -2.20. The number of fused-ring (bicyclic) bond motifs is 1. The molecule has 1 unspecified atom stereocenters. The van der Waals surface area contributed by atoms with Gasteiger partial charge in [-0.3, -0.25) is 10.1 Å². The molecule has 0 aliphatic rings. The predicted octanol–water partition coefficient (Wildman–Crippen LogP) is 5.96. The Morgan fingerprint density at radius 3 is 2.49 bits per heavy atom. The molecule has 15 heteroatoms. The zero-order valence-electron chi connectivity index (χ0n) is 20.9. The maximum Gasteiger partial charge on any atom is 0.290 e. The van der Waals surface area contributed by atoms with Gasteiger partial charge in [-0.2, -0.15) is 4.31 Å². The molecule has 3 aromatic carbocycles. The molecule has 1 heterocycles. The average Bonchev–Trinajstić information content (AvgIpc) is 3.25. The summed E-state index contributed by atoms with van der Waals surface area (Å²) in [5, 5.41) is 12.6. The molecule has 2 N–H and O–H groups in total. The first-order chi connectivity index (χ1) is 19.4. The number of sulfonamides is 1. The van der Waals surface area contributed by atoms with Crippen LogP contribution >= 0.6 is 39.1 Å². The molecule has 9 nitrogen and oxygen atoms in total. The molecule has 0 radical (unpaired) electrons. The van der Waals surface area contributed by atoms with Crippen LogP contribution in [0.2, 0.25) is 10.0 Å². The van der Waals surface area contributed by atoms with Crippen molar-refractivity contribution >= 4 is 76.7 Å². The molecule has 4 aromatic rings.